The molecule has 140 valence electrons. The molecule has 3 aromatic carbocycles. The molecule has 0 saturated carbocycles. The molecule has 3 heteroatoms. The van der Waals surface area contributed by atoms with Crippen LogP contribution >= 0.6 is 29.9 Å². The van der Waals surface area contributed by atoms with E-state index in [9.17, 15) is 0 Å². The lowest BCUT2D eigenvalue weighted by molar-refractivity contribution is -0.00000495. The Morgan fingerprint density at radius 1 is 0.630 bits per heavy atom. The van der Waals surface area contributed by atoms with Crippen molar-refractivity contribution in [2.24, 2.45) is 0 Å². The predicted octanol–water partition coefficient (Wildman–Crippen LogP) is 2.76. The van der Waals surface area contributed by atoms with Crippen LogP contribution in [0.15, 0.2) is 103 Å². The zero-order valence-corrected chi connectivity index (χ0v) is 20.0. The maximum absolute atomic E-state index is 2.46. The summed E-state index contributed by atoms with van der Waals surface area (Å²) in [6.07, 6.45) is 8.30. The van der Waals surface area contributed by atoms with Crippen LogP contribution in [0.2, 0.25) is 0 Å². The van der Waals surface area contributed by atoms with Crippen molar-refractivity contribution >= 4 is 45.8 Å². The molecule has 27 heavy (non-hydrogen) atoms. The van der Waals surface area contributed by atoms with Gasteiger partial charge in [0.15, 0.2) is 0 Å². The summed E-state index contributed by atoms with van der Waals surface area (Å²) in [5.41, 5.74) is 0. The van der Waals surface area contributed by atoms with E-state index in [1.54, 1.807) is 0 Å². The molecule has 3 aromatic rings. The third-order valence-electron chi connectivity index (χ3n) is 4.64. The second-order valence-electron chi connectivity index (χ2n) is 6.30. The average molecular weight is 551 g/mol. The lowest BCUT2D eigenvalue weighted by Gasteiger charge is -2.26. The molecule has 0 radical (unpaired) electrons. The number of alkyl halides is 1. The van der Waals surface area contributed by atoms with Gasteiger partial charge in [-0.15, -0.1) is 0 Å². The Morgan fingerprint density at radius 2 is 1.04 bits per heavy atom. The Labute approximate surface area is 188 Å². The van der Waals surface area contributed by atoms with Crippen molar-refractivity contribution in [2.75, 3.05) is 10.6 Å². The summed E-state index contributed by atoms with van der Waals surface area (Å²) in [5, 5.41) is 4.36. The second-order valence-corrected chi connectivity index (χ2v) is 10.9. The fourth-order valence-electron chi connectivity index (χ4n) is 3.36. The molecule has 3 rings (SSSR count). The Balaban J connectivity index is 0.00000261. The third-order valence-corrected chi connectivity index (χ3v) is 9.70. The molecule has 0 aliphatic carbocycles. The van der Waals surface area contributed by atoms with Gasteiger partial charge in [0.2, 0.25) is 0 Å². The topological polar surface area (TPSA) is 0 Å². The highest BCUT2D eigenvalue weighted by Gasteiger charge is 2.43. The molecule has 0 heterocycles. The zero-order valence-electron chi connectivity index (χ0n) is 15.3. The Bertz CT molecular complexity index is 707. The van der Waals surface area contributed by atoms with Crippen LogP contribution in [-0.4, -0.2) is 10.6 Å². The van der Waals surface area contributed by atoms with Crippen LogP contribution in [0.5, 0.6) is 0 Å². The summed E-state index contributed by atoms with van der Waals surface area (Å²) < 4.78 is 1.22. The first-order chi connectivity index (χ1) is 12.9. The minimum atomic E-state index is -1.69. The minimum Gasteiger partial charge on any atom is -1.00 e. The van der Waals surface area contributed by atoms with E-state index in [2.05, 4.69) is 126 Å². The molecule has 0 bridgehead atoms. The smallest absolute Gasteiger partial charge is 0.115 e. The molecule has 0 atom stereocenters. The van der Waals surface area contributed by atoms with Crippen LogP contribution < -0.4 is 32.9 Å². The first-order valence-electron chi connectivity index (χ1n) is 9.14. The maximum Gasteiger partial charge on any atom is 0.115 e. The summed E-state index contributed by atoms with van der Waals surface area (Å²) in [7, 11) is -1.69. The summed E-state index contributed by atoms with van der Waals surface area (Å²) in [5.74, 6) is 0. The Hall–Kier alpha value is -0.960. The number of hydrogen-bond acceptors (Lipinski definition) is 0. The van der Waals surface area contributed by atoms with Gasteiger partial charge in [-0.2, -0.15) is 0 Å². The first kappa shape index (κ1) is 22.3. The molecule has 0 aromatic heterocycles. The van der Waals surface area contributed by atoms with E-state index < -0.39 is 7.26 Å². The quantitative estimate of drug-likeness (QED) is 0.133. The molecule has 0 amide bonds. The van der Waals surface area contributed by atoms with E-state index >= 15 is 0 Å². The van der Waals surface area contributed by atoms with Crippen molar-refractivity contribution < 1.29 is 17.0 Å². The van der Waals surface area contributed by atoms with Gasteiger partial charge in [0.05, 0.1) is 6.16 Å². The van der Waals surface area contributed by atoms with E-state index in [0.717, 1.165) is 6.16 Å². The fraction of sp³-hybridized carbons (Fsp3) is 0.167. The van der Waals surface area contributed by atoms with Crippen LogP contribution in [-0.2, 0) is 0 Å². The molecule has 0 saturated heterocycles. The average Bonchev–Trinajstić information content (AvgIpc) is 2.73. The highest BCUT2D eigenvalue weighted by molar-refractivity contribution is 14.1. The molecular weight excluding hydrogens is 526 g/mol. The lowest BCUT2D eigenvalue weighted by atomic mass is 10.3. The molecule has 0 aliphatic heterocycles. The van der Waals surface area contributed by atoms with Gasteiger partial charge in [-0.3, -0.25) is 0 Å². The molecule has 0 unspecified atom stereocenters. The van der Waals surface area contributed by atoms with E-state index in [-0.39, 0.29) is 17.0 Å². The summed E-state index contributed by atoms with van der Waals surface area (Å²) in [6.45, 7) is 0. The van der Waals surface area contributed by atoms with Crippen molar-refractivity contribution in [3.63, 3.8) is 0 Å². The highest BCUT2D eigenvalue weighted by atomic mass is 127. The number of benzene rings is 3. The highest BCUT2D eigenvalue weighted by Crippen LogP contribution is 2.55. The van der Waals surface area contributed by atoms with E-state index in [1.165, 1.54) is 33.2 Å². The largest absolute Gasteiger partial charge is 1.00 e. The lowest BCUT2D eigenvalue weighted by Crippen LogP contribution is -3.00. The van der Waals surface area contributed by atoms with Crippen LogP contribution in [0.25, 0.3) is 0 Å². The maximum atomic E-state index is 2.46. The zero-order chi connectivity index (χ0) is 18.1. The van der Waals surface area contributed by atoms with Gasteiger partial charge in [-0.1, -0.05) is 89.3 Å². The summed E-state index contributed by atoms with van der Waals surface area (Å²) >= 11 is 2.46. The van der Waals surface area contributed by atoms with Gasteiger partial charge >= 0.3 is 0 Å². The van der Waals surface area contributed by atoms with E-state index in [1.807, 2.05) is 0 Å². The van der Waals surface area contributed by atoms with Crippen molar-refractivity contribution in [3.05, 3.63) is 103 Å². The number of hydrogen-bond donors (Lipinski definition) is 0. The number of allylic oxidation sites excluding steroid dienone is 2. The van der Waals surface area contributed by atoms with Crippen molar-refractivity contribution in [1.29, 1.82) is 0 Å². The molecule has 0 aliphatic rings. The van der Waals surface area contributed by atoms with Crippen LogP contribution in [0.4, 0.5) is 0 Å². The third kappa shape index (κ3) is 5.53. The molecule has 0 nitrogen and oxygen atoms in total. The molecule has 0 spiro atoms. The number of halogens is 2. The van der Waals surface area contributed by atoms with Crippen LogP contribution in [0.3, 0.4) is 0 Å². The van der Waals surface area contributed by atoms with Gasteiger partial charge in [-0.05, 0) is 53.7 Å². The standard InChI is InChI=1S/C24H25IP.BrH/c25-20-12-1-2-13-21-26(22-14-6-3-7-15-22,23-16-8-4-9-17-23)24-18-10-5-11-19-24;/h2-11,13-19H,1,12,20-21H2;1H/q+1;/p-1. The second kappa shape index (κ2) is 11.8. The number of rotatable bonds is 8. The summed E-state index contributed by atoms with van der Waals surface area (Å²) in [6, 6.07) is 33.3. The van der Waals surface area contributed by atoms with E-state index in [0.29, 0.717) is 0 Å². The first-order valence-corrected chi connectivity index (χ1v) is 12.6. The molecular formula is C24H25BrIP. The fourth-order valence-corrected chi connectivity index (χ4v) is 7.83. The van der Waals surface area contributed by atoms with Gasteiger partial charge in [0.1, 0.15) is 23.2 Å². The number of unbranched alkanes of at least 4 members (excludes halogenated alkanes) is 1. The Morgan fingerprint density at radius 3 is 1.41 bits per heavy atom. The molecule has 0 fully saturated rings. The Kier molecular flexibility index (Phi) is 9.75. The van der Waals surface area contributed by atoms with Gasteiger partial charge < -0.3 is 17.0 Å². The van der Waals surface area contributed by atoms with E-state index in [4.69, 9.17) is 0 Å². The van der Waals surface area contributed by atoms with Crippen molar-refractivity contribution in [2.45, 2.75) is 12.8 Å². The van der Waals surface area contributed by atoms with Crippen molar-refractivity contribution in [1.82, 2.24) is 0 Å². The van der Waals surface area contributed by atoms with Gasteiger partial charge in [-0.25, -0.2) is 0 Å². The van der Waals surface area contributed by atoms with Gasteiger partial charge in [0.25, 0.3) is 0 Å². The monoisotopic (exact) mass is 550 g/mol. The van der Waals surface area contributed by atoms with Crippen LogP contribution in [0, 0.1) is 0 Å². The predicted molar refractivity (Wildman–Crippen MR) is 127 cm³/mol. The minimum absolute atomic E-state index is 0. The van der Waals surface area contributed by atoms with Crippen molar-refractivity contribution in [3.8, 4) is 0 Å². The molecule has 0 N–H and O–H groups in total. The van der Waals surface area contributed by atoms with Gasteiger partial charge in [0, 0.05) is 0 Å². The SMILES string of the molecule is ICCCC=CC[P+](c1ccccc1)(c1ccccc1)c1ccccc1.[Br-]. The normalized spacial score (nSPS) is 11.3. The summed E-state index contributed by atoms with van der Waals surface area (Å²) in [4.78, 5) is 0. The van der Waals surface area contributed by atoms with Crippen LogP contribution in [0.1, 0.15) is 12.8 Å².